The van der Waals surface area contributed by atoms with Gasteiger partial charge >= 0.3 is 0 Å². The maximum absolute atomic E-state index is 13.3. The molecule has 2 aromatic rings. The summed E-state index contributed by atoms with van der Waals surface area (Å²) >= 11 is 0. The molecule has 0 atom stereocenters. The Bertz CT molecular complexity index is 590. The van der Waals surface area contributed by atoms with Crippen molar-refractivity contribution in [2.45, 2.75) is 20.4 Å². The van der Waals surface area contributed by atoms with Crippen molar-refractivity contribution in [1.82, 2.24) is 4.57 Å². The van der Waals surface area contributed by atoms with Crippen LogP contribution in [0, 0.1) is 19.7 Å². The summed E-state index contributed by atoms with van der Waals surface area (Å²) in [6.45, 7) is 4.88. The molecule has 2 rings (SSSR count). The molecule has 0 aliphatic heterocycles. The van der Waals surface area contributed by atoms with E-state index in [-0.39, 0.29) is 11.6 Å². The molecule has 102 valence electrons. The second-order valence-corrected chi connectivity index (χ2v) is 4.66. The van der Waals surface area contributed by atoms with E-state index in [2.05, 4.69) is 36.8 Å². The Kier molecular flexibility index (Phi) is 3.79. The van der Waals surface area contributed by atoms with Crippen LogP contribution in [-0.4, -0.2) is 11.7 Å². The summed E-state index contributed by atoms with van der Waals surface area (Å²) in [6.07, 6.45) is 0. The van der Waals surface area contributed by atoms with Crippen LogP contribution in [0.5, 0.6) is 5.75 Å². The lowest BCUT2D eigenvalue weighted by Gasteiger charge is -2.09. The van der Waals surface area contributed by atoms with Crippen molar-refractivity contribution in [2.24, 2.45) is 7.05 Å². The quantitative estimate of drug-likeness (QED) is 0.914. The second kappa shape index (κ2) is 5.34. The van der Waals surface area contributed by atoms with Crippen LogP contribution in [0.15, 0.2) is 24.3 Å². The topological polar surface area (TPSA) is 26.2 Å². The first-order valence-corrected chi connectivity index (χ1v) is 6.22. The average Bonchev–Trinajstić information content (AvgIpc) is 2.65. The minimum absolute atomic E-state index is 0.256. The number of nitrogens with zero attached hydrogens (tertiary/aromatic N) is 1. The zero-order valence-corrected chi connectivity index (χ0v) is 11.7. The van der Waals surface area contributed by atoms with Gasteiger partial charge in [0.2, 0.25) is 0 Å². The number of benzene rings is 1. The molecular formula is C15H19FN2O. The van der Waals surface area contributed by atoms with Crippen LogP contribution < -0.4 is 10.1 Å². The van der Waals surface area contributed by atoms with E-state index in [0.29, 0.717) is 6.54 Å². The van der Waals surface area contributed by atoms with Crippen molar-refractivity contribution in [3.05, 3.63) is 47.0 Å². The van der Waals surface area contributed by atoms with Gasteiger partial charge in [-0.15, -0.1) is 0 Å². The number of aromatic nitrogens is 1. The SMILES string of the molecule is COc1cc(NCc2cc(C)n(C)c2C)ccc1F. The van der Waals surface area contributed by atoms with Crippen LogP contribution in [-0.2, 0) is 13.6 Å². The van der Waals surface area contributed by atoms with Crippen molar-refractivity contribution < 1.29 is 9.13 Å². The molecule has 19 heavy (non-hydrogen) atoms. The van der Waals surface area contributed by atoms with E-state index in [9.17, 15) is 4.39 Å². The third-order valence-corrected chi connectivity index (χ3v) is 3.51. The number of ether oxygens (including phenoxy) is 1. The first-order valence-electron chi connectivity index (χ1n) is 6.22. The molecule has 0 aliphatic rings. The summed E-state index contributed by atoms with van der Waals surface area (Å²) in [5, 5.41) is 3.28. The molecule has 1 aromatic carbocycles. The highest BCUT2D eigenvalue weighted by Crippen LogP contribution is 2.22. The minimum Gasteiger partial charge on any atom is -0.494 e. The van der Waals surface area contributed by atoms with Crippen molar-refractivity contribution >= 4 is 5.69 Å². The Labute approximate surface area is 113 Å². The number of hydrogen-bond donors (Lipinski definition) is 1. The molecule has 0 unspecified atom stereocenters. The van der Waals surface area contributed by atoms with Crippen LogP contribution >= 0.6 is 0 Å². The van der Waals surface area contributed by atoms with Gasteiger partial charge in [0.15, 0.2) is 11.6 Å². The summed E-state index contributed by atoms with van der Waals surface area (Å²) in [6, 6.07) is 6.94. The highest BCUT2D eigenvalue weighted by molar-refractivity contribution is 5.49. The summed E-state index contributed by atoms with van der Waals surface area (Å²) in [7, 11) is 3.52. The van der Waals surface area contributed by atoms with Crippen molar-refractivity contribution in [3.63, 3.8) is 0 Å². The lowest BCUT2D eigenvalue weighted by molar-refractivity contribution is 0.387. The maximum Gasteiger partial charge on any atom is 0.165 e. The molecule has 1 aromatic heterocycles. The largest absolute Gasteiger partial charge is 0.494 e. The molecule has 0 saturated heterocycles. The summed E-state index contributed by atoms with van der Waals surface area (Å²) in [5.74, 6) is -0.0919. The number of nitrogens with one attached hydrogen (secondary N) is 1. The van der Waals surface area contributed by atoms with Crippen LogP contribution in [0.25, 0.3) is 0 Å². The fourth-order valence-corrected chi connectivity index (χ4v) is 2.08. The molecule has 0 fully saturated rings. The molecule has 0 bridgehead atoms. The Morgan fingerprint density at radius 2 is 2.00 bits per heavy atom. The smallest absolute Gasteiger partial charge is 0.165 e. The molecule has 3 nitrogen and oxygen atoms in total. The zero-order valence-electron chi connectivity index (χ0n) is 11.7. The van der Waals surface area contributed by atoms with Crippen molar-refractivity contribution in [1.29, 1.82) is 0 Å². The summed E-state index contributed by atoms with van der Waals surface area (Å²) in [5.41, 5.74) is 4.55. The molecule has 0 aliphatic carbocycles. The van der Waals surface area contributed by atoms with Gasteiger partial charge in [0.05, 0.1) is 7.11 Å². The van der Waals surface area contributed by atoms with Crippen LogP contribution in [0.3, 0.4) is 0 Å². The van der Waals surface area contributed by atoms with Gasteiger partial charge < -0.3 is 14.6 Å². The number of aryl methyl sites for hydroxylation is 1. The van der Waals surface area contributed by atoms with Gasteiger partial charge in [-0.05, 0) is 37.6 Å². The van der Waals surface area contributed by atoms with Gasteiger partial charge in [-0.3, -0.25) is 0 Å². The normalized spacial score (nSPS) is 10.6. The number of anilines is 1. The fraction of sp³-hybridized carbons (Fsp3) is 0.333. The molecule has 1 heterocycles. The van der Waals surface area contributed by atoms with Crippen molar-refractivity contribution in [2.75, 3.05) is 12.4 Å². The van der Waals surface area contributed by atoms with Gasteiger partial charge in [0.25, 0.3) is 0 Å². The molecule has 1 N–H and O–H groups in total. The zero-order chi connectivity index (χ0) is 14.0. The first kappa shape index (κ1) is 13.5. The summed E-state index contributed by atoms with van der Waals surface area (Å²) in [4.78, 5) is 0. The Balaban J connectivity index is 2.12. The Morgan fingerprint density at radius 1 is 1.26 bits per heavy atom. The van der Waals surface area contributed by atoms with E-state index in [0.717, 1.165) is 5.69 Å². The lowest BCUT2D eigenvalue weighted by Crippen LogP contribution is -2.02. The van der Waals surface area contributed by atoms with E-state index in [4.69, 9.17) is 4.74 Å². The highest BCUT2D eigenvalue weighted by atomic mass is 19.1. The highest BCUT2D eigenvalue weighted by Gasteiger charge is 2.07. The van der Waals surface area contributed by atoms with Gasteiger partial charge in [0, 0.05) is 36.7 Å². The second-order valence-electron chi connectivity index (χ2n) is 4.66. The minimum atomic E-state index is -0.347. The average molecular weight is 262 g/mol. The lowest BCUT2D eigenvalue weighted by atomic mass is 10.2. The Hall–Kier alpha value is -1.97. The standard InChI is InChI=1S/C15H19FN2O/c1-10-7-12(11(2)18(10)3)9-17-13-5-6-14(16)15(8-13)19-4/h5-8,17H,9H2,1-4H3. The van der Waals surface area contributed by atoms with Gasteiger partial charge in [-0.2, -0.15) is 0 Å². The third kappa shape index (κ3) is 2.72. The predicted octanol–water partition coefficient (Wildman–Crippen LogP) is 3.40. The van der Waals surface area contributed by atoms with Gasteiger partial charge in [-0.25, -0.2) is 4.39 Å². The van der Waals surface area contributed by atoms with E-state index in [1.54, 1.807) is 12.1 Å². The molecule has 0 spiro atoms. The number of methoxy groups -OCH3 is 1. The molecule has 0 saturated carbocycles. The molecular weight excluding hydrogens is 243 g/mol. The van der Waals surface area contributed by atoms with E-state index < -0.39 is 0 Å². The van der Waals surface area contributed by atoms with Gasteiger partial charge in [0.1, 0.15) is 0 Å². The third-order valence-electron chi connectivity index (χ3n) is 3.51. The number of hydrogen-bond acceptors (Lipinski definition) is 2. The van der Waals surface area contributed by atoms with Crippen molar-refractivity contribution in [3.8, 4) is 5.75 Å². The molecule has 4 heteroatoms. The van der Waals surface area contributed by atoms with E-state index in [1.807, 2.05) is 0 Å². The van der Waals surface area contributed by atoms with E-state index in [1.165, 1.54) is 30.1 Å². The summed E-state index contributed by atoms with van der Waals surface area (Å²) < 4.78 is 20.4. The fourth-order valence-electron chi connectivity index (χ4n) is 2.08. The maximum atomic E-state index is 13.3. The van der Waals surface area contributed by atoms with E-state index >= 15 is 0 Å². The first-order chi connectivity index (χ1) is 9.02. The Morgan fingerprint density at radius 3 is 2.58 bits per heavy atom. The van der Waals surface area contributed by atoms with Crippen LogP contribution in [0.4, 0.5) is 10.1 Å². The molecule has 0 amide bonds. The van der Waals surface area contributed by atoms with Crippen LogP contribution in [0.2, 0.25) is 0 Å². The monoisotopic (exact) mass is 262 g/mol. The van der Waals surface area contributed by atoms with Gasteiger partial charge in [-0.1, -0.05) is 0 Å². The predicted molar refractivity (Wildman–Crippen MR) is 75.2 cm³/mol. The molecule has 0 radical (unpaired) electrons. The van der Waals surface area contributed by atoms with Crippen LogP contribution in [0.1, 0.15) is 17.0 Å². The number of halogens is 1. The number of rotatable bonds is 4.